The standard InChI is InChI=1S/C16H16N2O2S/c1-10(19)11-2-5-13(6-3-11)18-16(20)12-4-7-14-15(8-12)21-9-17-14/h2-3,5-6,9,12H,4,7-8H2,1H3,(H,18,20). The Labute approximate surface area is 127 Å². The van der Waals surface area contributed by atoms with Crippen LogP contribution in [0.5, 0.6) is 0 Å². The fourth-order valence-electron chi connectivity index (χ4n) is 2.56. The molecule has 1 atom stereocenters. The van der Waals surface area contributed by atoms with Gasteiger partial charge in [0.05, 0.1) is 11.2 Å². The maximum atomic E-state index is 12.3. The van der Waals surface area contributed by atoms with Crippen molar-refractivity contribution in [3.8, 4) is 0 Å². The molecule has 0 radical (unpaired) electrons. The highest BCUT2D eigenvalue weighted by Gasteiger charge is 2.26. The molecule has 2 aromatic rings. The van der Waals surface area contributed by atoms with Gasteiger partial charge in [0.1, 0.15) is 0 Å². The van der Waals surface area contributed by atoms with E-state index in [9.17, 15) is 9.59 Å². The highest BCUT2D eigenvalue weighted by atomic mass is 32.1. The zero-order chi connectivity index (χ0) is 14.8. The molecular weight excluding hydrogens is 284 g/mol. The number of carbonyl (C=O) groups excluding carboxylic acids is 2. The van der Waals surface area contributed by atoms with E-state index in [1.807, 2.05) is 5.51 Å². The van der Waals surface area contributed by atoms with Gasteiger partial charge in [0.15, 0.2) is 5.78 Å². The Bertz CT molecular complexity index is 676. The Balaban J connectivity index is 1.65. The second-order valence-electron chi connectivity index (χ2n) is 5.28. The maximum absolute atomic E-state index is 12.3. The first-order valence-electron chi connectivity index (χ1n) is 6.96. The van der Waals surface area contributed by atoms with Gasteiger partial charge in [-0.3, -0.25) is 9.59 Å². The number of carbonyl (C=O) groups is 2. The molecular formula is C16H16N2O2S. The number of hydrogen-bond donors (Lipinski definition) is 1. The van der Waals surface area contributed by atoms with E-state index < -0.39 is 0 Å². The summed E-state index contributed by atoms with van der Waals surface area (Å²) in [4.78, 5) is 29.1. The zero-order valence-corrected chi connectivity index (χ0v) is 12.6. The quantitative estimate of drug-likeness (QED) is 0.886. The molecule has 1 aliphatic rings. The van der Waals surface area contributed by atoms with Gasteiger partial charge in [0.25, 0.3) is 0 Å². The largest absolute Gasteiger partial charge is 0.326 e. The Morgan fingerprint density at radius 3 is 2.76 bits per heavy atom. The third-order valence-corrected chi connectivity index (χ3v) is 4.71. The summed E-state index contributed by atoms with van der Waals surface area (Å²) in [7, 11) is 0. The molecule has 1 unspecified atom stereocenters. The van der Waals surface area contributed by atoms with Gasteiger partial charge in [-0.2, -0.15) is 0 Å². The van der Waals surface area contributed by atoms with Crippen LogP contribution in [0.2, 0.25) is 0 Å². The van der Waals surface area contributed by atoms with Gasteiger partial charge in [0.2, 0.25) is 5.91 Å². The third kappa shape index (κ3) is 3.03. The first-order chi connectivity index (χ1) is 10.1. The van der Waals surface area contributed by atoms with Crippen LogP contribution in [0.1, 0.15) is 34.3 Å². The number of thiazole rings is 1. The van der Waals surface area contributed by atoms with Crippen molar-refractivity contribution in [3.05, 3.63) is 45.9 Å². The van der Waals surface area contributed by atoms with Gasteiger partial charge >= 0.3 is 0 Å². The fourth-order valence-corrected chi connectivity index (χ4v) is 3.45. The van der Waals surface area contributed by atoms with Crippen molar-refractivity contribution < 1.29 is 9.59 Å². The number of rotatable bonds is 3. The number of fused-ring (bicyclic) bond motifs is 1. The molecule has 21 heavy (non-hydrogen) atoms. The molecule has 1 aromatic carbocycles. The van der Waals surface area contributed by atoms with Crippen molar-refractivity contribution in [2.45, 2.75) is 26.2 Å². The number of anilines is 1. The van der Waals surface area contributed by atoms with Crippen molar-refractivity contribution in [2.24, 2.45) is 5.92 Å². The smallest absolute Gasteiger partial charge is 0.227 e. The predicted octanol–water partition coefficient (Wildman–Crippen LogP) is 3.09. The number of aromatic nitrogens is 1. The maximum Gasteiger partial charge on any atom is 0.227 e. The van der Waals surface area contributed by atoms with E-state index in [0.717, 1.165) is 30.6 Å². The number of amides is 1. The van der Waals surface area contributed by atoms with Gasteiger partial charge in [0, 0.05) is 22.0 Å². The number of aryl methyl sites for hydroxylation is 1. The highest BCUT2D eigenvalue weighted by molar-refractivity contribution is 7.09. The number of Topliss-reactive ketones (excluding diaryl/α,β-unsaturated/α-hetero) is 1. The Kier molecular flexibility index (Phi) is 3.84. The molecule has 1 aromatic heterocycles. The Morgan fingerprint density at radius 2 is 2.05 bits per heavy atom. The molecule has 3 rings (SSSR count). The van der Waals surface area contributed by atoms with E-state index in [2.05, 4.69) is 10.3 Å². The van der Waals surface area contributed by atoms with Crippen LogP contribution in [0.15, 0.2) is 29.8 Å². The van der Waals surface area contributed by atoms with E-state index >= 15 is 0 Å². The summed E-state index contributed by atoms with van der Waals surface area (Å²) in [5.74, 6) is 0.0768. The zero-order valence-electron chi connectivity index (χ0n) is 11.8. The van der Waals surface area contributed by atoms with E-state index in [1.165, 1.54) is 11.8 Å². The molecule has 1 N–H and O–H groups in total. The normalized spacial score (nSPS) is 17.1. The number of nitrogens with one attached hydrogen (secondary N) is 1. The molecule has 0 saturated carbocycles. The van der Waals surface area contributed by atoms with Crippen LogP contribution in [-0.4, -0.2) is 16.7 Å². The van der Waals surface area contributed by atoms with Crippen molar-refractivity contribution in [1.29, 1.82) is 0 Å². The fraction of sp³-hybridized carbons (Fsp3) is 0.312. The van der Waals surface area contributed by atoms with E-state index in [1.54, 1.807) is 35.6 Å². The summed E-state index contributed by atoms with van der Waals surface area (Å²) in [6.45, 7) is 1.53. The van der Waals surface area contributed by atoms with Gasteiger partial charge < -0.3 is 5.32 Å². The Hall–Kier alpha value is -2.01. The van der Waals surface area contributed by atoms with Gasteiger partial charge in [-0.25, -0.2) is 4.98 Å². The molecule has 0 bridgehead atoms. The summed E-state index contributed by atoms with van der Waals surface area (Å²) in [5, 5.41) is 2.93. The van der Waals surface area contributed by atoms with Crippen LogP contribution in [0.25, 0.3) is 0 Å². The van der Waals surface area contributed by atoms with Gasteiger partial charge in [-0.05, 0) is 50.5 Å². The first kappa shape index (κ1) is 13.9. The molecule has 1 amide bonds. The molecule has 1 heterocycles. The summed E-state index contributed by atoms with van der Waals surface area (Å²) in [6, 6.07) is 7.02. The molecule has 0 saturated heterocycles. The van der Waals surface area contributed by atoms with Crippen LogP contribution >= 0.6 is 11.3 Å². The average molecular weight is 300 g/mol. The molecule has 4 nitrogen and oxygen atoms in total. The predicted molar refractivity (Wildman–Crippen MR) is 82.7 cm³/mol. The van der Waals surface area contributed by atoms with Gasteiger partial charge in [-0.1, -0.05) is 0 Å². The van der Waals surface area contributed by atoms with Gasteiger partial charge in [-0.15, -0.1) is 11.3 Å². The van der Waals surface area contributed by atoms with Crippen molar-refractivity contribution in [2.75, 3.05) is 5.32 Å². The number of hydrogen-bond acceptors (Lipinski definition) is 4. The summed E-state index contributed by atoms with van der Waals surface area (Å²) in [6.07, 6.45) is 2.49. The van der Waals surface area contributed by atoms with Crippen LogP contribution in [0.4, 0.5) is 5.69 Å². The lowest BCUT2D eigenvalue weighted by Crippen LogP contribution is -2.27. The lowest BCUT2D eigenvalue weighted by atomic mass is 9.90. The summed E-state index contributed by atoms with van der Waals surface area (Å²) >= 11 is 1.63. The Morgan fingerprint density at radius 1 is 1.29 bits per heavy atom. The SMILES string of the molecule is CC(=O)c1ccc(NC(=O)C2CCc3ncsc3C2)cc1. The molecule has 0 aliphatic heterocycles. The van der Waals surface area contributed by atoms with Crippen molar-refractivity contribution in [1.82, 2.24) is 4.98 Å². The monoisotopic (exact) mass is 300 g/mol. The number of ketones is 1. The molecule has 5 heteroatoms. The minimum absolute atomic E-state index is 0.00503. The van der Waals surface area contributed by atoms with Crippen molar-refractivity contribution in [3.63, 3.8) is 0 Å². The third-order valence-electron chi connectivity index (χ3n) is 3.82. The first-order valence-corrected chi connectivity index (χ1v) is 7.84. The second kappa shape index (κ2) is 5.77. The van der Waals surface area contributed by atoms with Crippen LogP contribution < -0.4 is 5.32 Å². The van der Waals surface area contributed by atoms with Crippen molar-refractivity contribution >= 4 is 28.7 Å². The topological polar surface area (TPSA) is 59.1 Å². The highest BCUT2D eigenvalue weighted by Crippen LogP contribution is 2.28. The number of benzene rings is 1. The van der Waals surface area contributed by atoms with Crippen LogP contribution in [0.3, 0.4) is 0 Å². The molecule has 108 valence electrons. The lowest BCUT2D eigenvalue weighted by molar-refractivity contribution is -0.120. The van der Waals surface area contributed by atoms with E-state index in [4.69, 9.17) is 0 Å². The summed E-state index contributed by atoms with van der Waals surface area (Å²) in [5.41, 5.74) is 4.39. The average Bonchev–Trinajstić information content (AvgIpc) is 2.95. The minimum atomic E-state index is 0.00503. The van der Waals surface area contributed by atoms with E-state index in [0.29, 0.717) is 5.56 Å². The molecule has 0 fully saturated rings. The lowest BCUT2D eigenvalue weighted by Gasteiger charge is -2.20. The second-order valence-corrected chi connectivity index (χ2v) is 6.22. The molecule has 0 spiro atoms. The minimum Gasteiger partial charge on any atom is -0.326 e. The van der Waals surface area contributed by atoms with Crippen LogP contribution in [-0.2, 0) is 17.6 Å². The van der Waals surface area contributed by atoms with E-state index in [-0.39, 0.29) is 17.6 Å². The summed E-state index contributed by atoms with van der Waals surface area (Å²) < 4.78 is 0. The van der Waals surface area contributed by atoms with Crippen LogP contribution in [0, 0.1) is 5.92 Å². The molecule has 1 aliphatic carbocycles. The number of nitrogens with zero attached hydrogens (tertiary/aromatic N) is 1.